The number of fused-ring (bicyclic) bond motifs is 1. The summed E-state index contributed by atoms with van der Waals surface area (Å²) in [7, 11) is 0. The number of piperazine rings is 1. The molecule has 0 radical (unpaired) electrons. The van der Waals surface area contributed by atoms with Gasteiger partial charge in [0.1, 0.15) is 0 Å². The molecule has 1 atom stereocenters. The Balaban J connectivity index is 1.69. The molecule has 2 aliphatic rings. The maximum Gasteiger partial charge on any atom is 0.237 e. The number of amides is 2. The molecular formula is C20H28ClN3O2. The molecule has 1 N–H and O–H groups in total. The third-order valence-electron chi connectivity index (χ3n) is 5.05. The first-order valence-electron chi connectivity index (χ1n) is 9.30. The van der Waals surface area contributed by atoms with Gasteiger partial charge >= 0.3 is 0 Å². The molecule has 5 nitrogen and oxygen atoms in total. The van der Waals surface area contributed by atoms with Crippen LogP contribution in [0.2, 0.25) is 5.02 Å². The highest BCUT2D eigenvalue weighted by molar-refractivity contribution is 6.31. The number of benzene rings is 1. The van der Waals surface area contributed by atoms with Gasteiger partial charge in [0, 0.05) is 37.7 Å². The van der Waals surface area contributed by atoms with Gasteiger partial charge in [-0.2, -0.15) is 0 Å². The molecule has 26 heavy (non-hydrogen) atoms. The Bertz CT molecular complexity index is 699. The van der Waals surface area contributed by atoms with E-state index in [9.17, 15) is 9.59 Å². The topological polar surface area (TPSA) is 52.7 Å². The Kier molecular flexibility index (Phi) is 5.58. The number of hydrogen-bond donors (Lipinski definition) is 1. The molecule has 2 amide bonds. The van der Waals surface area contributed by atoms with Crippen molar-refractivity contribution in [1.82, 2.24) is 15.1 Å². The lowest BCUT2D eigenvalue weighted by atomic mass is 9.93. The average Bonchev–Trinajstić information content (AvgIpc) is 2.56. The molecule has 1 fully saturated rings. The van der Waals surface area contributed by atoms with E-state index in [0.29, 0.717) is 19.6 Å². The normalized spacial score (nSPS) is 21.3. The Morgan fingerprint density at radius 2 is 2.08 bits per heavy atom. The van der Waals surface area contributed by atoms with Crippen LogP contribution in [-0.2, 0) is 22.6 Å². The maximum atomic E-state index is 12.9. The van der Waals surface area contributed by atoms with Gasteiger partial charge in [0.05, 0.1) is 12.5 Å². The Hall–Kier alpha value is -1.59. The Morgan fingerprint density at radius 1 is 1.31 bits per heavy atom. The minimum Gasteiger partial charge on any atom is -0.353 e. The van der Waals surface area contributed by atoms with Gasteiger partial charge in [0.2, 0.25) is 11.8 Å². The maximum absolute atomic E-state index is 12.9. The number of nitrogens with one attached hydrogen (secondary N) is 1. The first-order valence-corrected chi connectivity index (χ1v) is 9.68. The number of nitrogens with zero attached hydrogens (tertiary/aromatic N) is 2. The summed E-state index contributed by atoms with van der Waals surface area (Å²) in [6, 6.07) is 5.47. The standard InChI is InChI=1S/C20H28ClN3O2/c1-20(2,3)13-24-10-8-22-19(26)17(24)11-18(25)23-9-7-15-14(12-23)5-4-6-16(15)21/h4-6,17H,7-13H2,1-3H3,(H,22,26). The fraction of sp³-hybridized carbons (Fsp3) is 0.600. The third kappa shape index (κ3) is 4.38. The molecule has 3 rings (SSSR count). The van der Waals surface area contributed by atoms with Crippen LogP contribution in [-0.4, -0.2) is 53.8 Å². The summed E-state index contributed by atoms with van der Waals surface area (Å²) in [5.74, 6) is 0.00545. The summed E-state index contributed by atoms with van der Waals surface area (Å²) >= 11 is 6.26. The van der Waals surface area contributed by atoms with Gasteiger partial charge in [-0.05, 0) is 29.0 Å². The van der Waals surface area contributed by atoms with Crippen molar-refractivity contribution in [3.63, 3.8) is 0 Å². The first kappa shape index (κ1) is 19.2. The van der Waals surface area contributed by atoms with Crippen molar-refractivity contribution in [3.8, 4) is 0 Å². The largest absolute Gasteiger partial charge is 0.353 e. The molecule has 142 valence electrons. The Labute approximate surface area is 160 Å². The molecule has 1 unspecified atom stereocenters. The third-order valence-corrected chi connectivity index (χ3v) is 5.40. The van der Waals surface area contributed by atoms with Crippen LogP contribution in [0, 0.1) is 5.41 Å². The molecular weight excluding hydrogens is 350 g/mol. The molecule has 1 saturated heterocycles. The van der Waals surface area contributed by atoms with Gasteiger partial charge in [0.15, 0.2) is 0 Å². The van der Waals surface area contributed by atoms with Crippen LogP contribution in [0.3, 0.4) is 0 Å². The molecule has 1 aromatic carbocycles. The van der Waals surface area contributed by atoms with E-state index in [0.717, 1.165) is 35.7 Å². The fourth-order valence-corrected chi connectivity index (χ4v) is 4.14. The SMILES string of the molecule is CC(C)(C)CN1CCNC(=O)C1CC(=O)N1CCc2c(Cl)cccc2C1. The summed E-state index contributed by atoms with van der Waals surface area (Å²) in [6.45, 7) is 9.94. The van der Waals surface area contributed by atoms with Crippen LogP contribution in [0.15, 0.2) is 18.2 Å². The molecule has 0 saturated carbocycles. The zero-order valence-corrected chi connectivity index (χ0v) is 16.6. The van der Waals surface area contributed by atoms with Gasteiger partial charge in [0.25, 0.3) is 0 Å². The molecule has 0 spiro atoms. The smallest absolute Gasteiger partial charge is 0.237 e. The second-order valence-electron chi connectivity index (χ2n) is 8.48. The van der Waals surface area contributed by atoms with Gasteiger partial charge < -0.3 is 10.2 Å². The molecule has 0 bridgehead atoms. The van der Waals surface area contributed by atoms with Gasteiger partial charge in [-0.3, -0.25) is 14.5 Å². The minimum absolute atomic E-state index is 0.0331. The number of halogens is 1. The molecule has 0 aromatic heterocycles. The van der Waals surface area contributed by atoms with Crippen LogP contribution in [0.4, 0.5) is 0 Å². The van der Waals surface area contributed by atoms with E-state index >= 15 is 0 Å². The second kappa shape index (κ2) is 7.57. The first-order chi connectivity index (χ1) is 12.2. The van der Waals surface area contributed by atoms with E-state index in [4.69, 9.17) is 11.6 Å². The second-order valence-corrected chi connectivity index (χ2v) is 8.89. The summed E-state index contributed by atoms with van der Waals surface area (Å²) in [6.07, 6.45) is 1.00. The number of carbonyl (C=O) groups excluding carboxylic acids is 2. The van der Waals surface area contributed by atoms with Crippen molar-refractivity contribution >= 4 is 23.4 Å². The monoisotopic (exact) mass is 377 g/mol. The zero-order valence-electron chi connectivity index (χ0n) is 15.8. The lowest BCUT2D eigenvalue weighted by molar-refractivity contribution is -0.140. The summed E-state index contributed by atoms with van der Waals surface area (Å²) < 4.78 is 0. The molecule has 2 heterocycles. The quantitative estimate of drug-likeness (QED) is 0.880. The Morgan fingerprint density at radius 3 is 2.81 bits per heavy atom. The highest BCUT2D eigenvalue weighted by Gasteiger charge is 2.35. The predicted molar refractivity (Wildman–Crippen MR) is 103 cm³/mol. The van der Waals surface area contributed by atoms with Crippen LogP contribution in [0.5, 0.6) is 0 Å². The van der Waals surface area contributed by atoms with Crippen molar-refractivity contribution in [1.29, 1.82) is 0 Å². The van der Waals surface area contributed by atoms with Crippen molar-refractivity contribution in [3.05, 3.63) is 34.3 Å². The van der Waals surface area contributed by atoms with Crippen LogP contribution < -0.4 is 5.32 Å². The zero-order chi connectivity index (χ0) is 18.9. The summed E-state index contributed by atoms with van der Waals surface area (Å²) in [5.41, 5.74) is 2.33. The van der Waals surface area contributed by atoms with E-state index in [2.05, 4.69) is 31.0 Å². The van der Waals surface area contributed by atoms with Gasteiger partial charge in [-0.25, -0.2) is 0 Å². The van der Waals surface area contributed by atoms with Gasteiger partial charge in [-0.15, -0.1) is 0 Å². The average molecular weight is 378 g/mol. The number of hydrogen-bond acceptors (Lipinski definition) is 3. The number of carbonyl (C=O) groups is 2. The molecule has 2 aliphatic heterocycles. The van der Waals surface area contributed by atoms with Crippen molar-refractivity contribution < 1.29 is 9.59 Å². The summed E-state index contributed by atoms with van der Waals surface area (Å²) in [4.78, 5) is 29.3. The van der Waals surface area contributed by atoms with E-state index in [1.165, 1.54) is 0 Å². The van der Waals surface area contributed by atoms with E-state index in [1.807, 2.05) is 23.1 Å². The lowest BCUT2D eigenvalue weighted by Gasteiger charge is -2.39. The molecule has 6 heteroatoms. The van der Waals surface area contributed by atoms with Crippen LogP contribution in [0.1, 0.15) is 38.3 Å². The number of rotatable bonds is 3. The van der Waals surface area contributed by atoms with Crippen molar-refractivity contribution in [2.45, 2.75) is 46.2 Å². The van der Waals surface area contributed by atoms with Crippen LogP contribution in [0.25, 0.3) is 0 Å². The van der Waals surface area contributed by atoms with Gasteiger partial charge in [-0.1, -0.05) is 44.5 Å². The van der Waals surface area contributed by atoms with E-state index in [-0.39, 0.29) is 29.7 Å². The van der Waals surface area contributed by atoms with E-state index < -0.39 is 0 Å². The van der Waals surface area contributed by atoms with E-state index in [1.54, 1.807) is 0 Å². The minimum atomic E-state index is -0.378. The van der Waals surface area contributed by atoms with Crippen LogP contribution >= 0.6 is 11.6 Å². The van der Waals surface area contributed by atoms with Crippen molar-refractivity contribution in [2.24, 2.45) is 5.41 Å². The fourth-order valence-electron chi connectivity index (χ4n) is 3.85. The molecule has 0 aliphatic carbocycles. The lowest BCUT2D eigenvalue weighted by Crippen LogP contribution is -2.58. The van der Waals surface area contributed by atoms with Crippen molar-refractivity contribution in [2.75, 3.05) is 26.2 Å². The predicted octanol–water partition coefficient (Wildman–Crippen LogP) is 2.46. The highest BCUT2D eigenvalue weighted by atomic mass is 35.5. The summed E-state index contributed by atoms with van der Waals surface area (Å²) in [5, 5.41) is 3.69. The highest BCUT2D eigenvalue weighted by Crippen LogP contribution is 2.27. The molecule has 1 aromatic rings.